The molecule has 10 nitrogen and oxygen atoms in total. The van der Waals surface area contributed by atoms with Crippen molar-refractivity contribution in [1.82, 2.24) is 10.6 Å². The first kappa shape index (κ1) is 28.3. The average molecular weight is 542 g/mol. The van der Waals surface area contributed by atoms with Gasteiger partial charge in [-0.1, -0.05) is 18.2 Å². The highest BCUT2D eigenvalue weighted by Crippen LogP contribution is 2.28. The van der Waals surface area contributed by atoms with E-state index in [9.17, 15) is 18.0 Å². The number of nitrogens with one attached hydrogen (secondary N) is 3. The molecule has 0 saturated heterocycles. The van der Waals surface area contributed by atoms with Crippen LogP contribution in [0, 0.1) is 0 Å². The van der Waals surface area contributed by atoms with E-state index in [4.69, 9.17) is 14.2 Å². The Bertz CT molecular complexity index is 1410. The zero-order valence-corrected chi connectivity index (χ0v) is 22.5. The summed E-state index contributed by atoms with van der Waals surface area (Å²) in [7, 11) is 0.364. The summed E-state index contributed by atoms with van der Waals surface area (Å²) in [5, 5.41) is 5.45. The molecule has 0 bridgehead atoms. The fraction of sp³-hybridized carbons (Fsp3) is 0.259. The lowest BCUT2D eigenvalue weighted by molar-refractivity contribution is 0.0945. The summed E-state index contributed by atoms with van der Waals surface area (Å²) in [5.41, 5.74) is 1.27. The molecule has 0 aliphatic carbocycles. The van der Waals surface area contributed by atoms with Gasteiger partial charge in [-0.05, 0) is 61.4 Å². The summed E-state index contributed by atoms with van der Waals surface area (Å²) < 4.78 is 44.6. The molecule has 11 heteroatoms. The van der Waals surface area contributed by atoms with Gasteiger partial charge in [-0.25, -0.2) is 8.42 Å². The summed E-state index contributed by atoms with van der Waals surface area (Å²) in [6.45, 7) is 2.43. The Morgan fingerprint density at radius 2 is 1.42 bits per heavy atom. The first-order chi connectivity index (χ1) is 18.2. The van der Waals surface area contributed by atoms with Crippen LogP contribution in [0.4, 0.5) is 5.69 Å². The largest absolute Gasteiger partial charge is 0.496 e. The van der Waals surface area contributed by atoms with Crippen molar-refractivity contribution in [2.45, 2.75) is 18.2 Å². The third kappa shape index (κ3) is 6.74. The molecule has 3 N–H and O–H groups in total. The minimum atomic E-state index is -4.13. The van der Waals surface area contributed by atoms with E-state index in [1.54, 1.807) is 39.3 Å². The highest BCUT2D eigenvalue weighted by Gasteiger charge is 2.22. The van der Waals surface area contributed by atoms with Gasteiger partial charge in [0.2, 0.25) is 0 Å². The number of ether oxygens (including phenoxy) is 3. The number of amides is 2. The molecule has 0 heterocycles. The molecule has 3 rings (SSSR count). The fourth-order valence-corrected chi connectivity index (χ4v) is 4.82. The van der Waals surface area contributed by atoms with Crippen LogP contribution in [-0.2, 0) is 16.4 Å². The van der Waals surface area contributed by atoms with Crippen molar-refractivity contribution < 1.29 is 32.2 Å². The molecular formula is C27H31N3O7S. The highest BCUT2D eigenvalue weighted by molar-refractivity contribution is 7.92. The SMILES string of the molecule is CCNC(=O)c1cc(S(=O)(=O)Nc2ccccc2C(=O)NCCc2ccc(OC)c(OC)c2)ccc1OC. The maximum Gasteiger partial charge on any atom is 0.261 e. The van der Waals surface area contributed by atoms with E-state index in [0.29, 0.717) is 31.0 Å². The number of anilines is 1. The van der Waals surface area contributed by atoms with Crippen LogP contribution < -0.4 is 29.6 Å². The molecule has 0 atom stereocenters. The molecule has 0 saturated carbocycles. The maximum atomic E-state index is 13.2. The number of rotatable bonds is 12. The Balaban J connectivity index is 1.76. The Morgan fingerprint density at radius 3 is 2.11 bits per heavy atom. The van der Waals surface area contributed by atoms with Gasteiger partial charge < -0.3 is 24.8 Å². The van der Waals surface area contributed by atoms with Crippen LogP contribution in [-0.4, -0.2) is 54.7 Å². The number of sulfonamides is 1. The van der Waals surface area contributed by atoms with E-state index < -0.39 is 21.8 Å². The van der Waals surface area contributed by atoms with Crippen LogP contribution in [0.3, 0.4) is 0 Å². The first-order valence-electron chi connectivity index (χ1n) is 11.8. The number of hydrogen-bond acceptors (Lipinski definition) is 7. The van der Waals surface area contributed by atoms with E-state index in [2.05, 4.69) is 15.4 Å². The third-order valence-electron chi connectivity index (χ3n) is 5.63. The van der Waals surface area contributed by atoms with Gasteiger partial charge in [0.15, 0.2) is 11.5 Å². The molecule has 0 aliphatic heterocycles. The van der Waals surface area contributed by atoms with Gasteiger partial charge >= 0.3 is 0 Å². The summed E-state index contributed by atoms with van der Waals surface area (Å²) in [5.74, 6) is 0.530. The van der Waals surface area contributed by atoms with Gasteiger partial charge in [-0.2, -0.15) is 0 Å². The number of carbonyl (C=O) groups excluding carboxylic acids is 2. The van der Waals surface area contributed by atoms with Gasteiger partial charge in [-0.3, -0.25) is 14.3 Å². The molecule has 38 heavy (non-hydrogen) atoms. The summed E-state index contributed by atoms with van der Waals surface area (Å²) >= 11 is 0. The lowest BCUT2D eigenvalue weighted by atomic mass is 10.1. The van der Waals surface area contributed by atoms with Crippen LogP contribution in [0.5, 0.6) is 17.2 Å². The van der Waals surface area contributed by atoms with Gasteiger partial charge in [0.1, 0.15) is 5.75 Å². The predicted molar refractivity (Wildman–Crippen MR) is 144 cm³/mol. The Labute approximate surface area is 222 Å². The Morgan fingerprint density at radius 1 is 0.763 bits per heavy atom. The topological polar surface area (TPSA) is 132 Å². The minimum Gasteiger partial charge on any atom is -0.496 e. The monoisotopic (exact) mass is 541 g/mol. The van der Waals surface area contributed by atoms with Gasteiger partial charge in [0.25, 0.3) is 21.8 Å². The molecular weight excluding hydrogens is 510 g/mol. The van der Waals surface area contributed by atoms with Crippen molar-refractivity contribution in [3.05, 3.63) is 77.4 Å². The van der Waals surface area contributed by atoms with Gasteiger partial charge in [-0.15, -0.1) is 0 Å². The van der Waals surface area contributed by atoms with Gasteiger partial charge in [0, 0.05) is 13.1 Å². The lowest BCUT2D eigenvalue weighted by Crippen LogP contribution is -2.27. The van der Waals surface area contributed by atoms with Crippen molar-refractivity contribution in [2.75, 3.05) is 39.1 Å². The Hall–Kier alpha value is -4.25. The highest BCUT2D eigenvalue weighted by atomic mass is 32.2. The molecule has 3 aromatic carbocycles. The average Bonchev–Trinajstić information content (AvgIpc) is 2.92. The van der Waals surface area contributed by atoms with Crippen molar-refractivity contribution in [3.63, 3.8) is 0 Å². The Kier molecular flexibility index (Phi) is 9.55. The molecule has 0 unspecified atom stereocenters. The lowest BCUT2D eigenvalue weighted by Gasteiger charge is -2.15. The van der Waals surface area contributed by atoms with Gasteiger partial charge in [0.05, 0.1) is 43.0 Å². The van der Waals surface area contributed by atoms with Crippen LogP contribution in [0.25, 0.3) is 0 Å². The third-order valence-corrected chi connectivity index (χ3v) is 6.99. The predicted octanol–water partition coefficient (Wildman–Crippen LogP) is 3.24. The first-order valence-corrected chi connectivity index (χ1v) is 13.3. The molecule has 0 aromatic heterocycles. The zero-order valence-electron chi connectivity index (χ0n) is 21.7. The van der Waals surface area contributed by atoms with Crippen LogP contribution in [0.15, 0.2) is 65.6 Å². The number of carbonyl (C=O) groups is 2. The fourth-order valence-electron chi connectivity index (χ4n) is 3.71. The van der Waals surface area contributed by atoms with E-state index in [0.717, 1.165) is 5.56 Å². The van der Waals surface area contributed by atoms with E-state index in [1.165, 1.54) is 37.4 Å². The minimum absolute atomic E-state index is 0.0819. The number of para-hydroxylation sites is 1. The zero-order chi connectivity index (χ0) is 27.7. The summed E-state index contributed by atoms with van der Waals surface area (Å²) in [6, 6.07) is 15.7. The second-order valence-corrected chi connectivity index (χ2v) is 9.75. The quantitative estimate of drug-likeness (QED) is 0.321. The molecule has 2 amide bonds. The second kappa shape index (κ2) is 12.8. The molecule has 202 valence electrons. The molecule has 0 fully saturated rings. The number of benzene rings is 3. The normalized spacial score (nSPS) is 10.8. The molecule has 0 radical (unpaired) electrons. The van der Waals surface area contributed by atoms with E-state index in [-0.39, 0.29) is 27.5 Å². The van der Waals surface area contributed by atoms with Crippen LogP contribution in [0.2, 0.25) is 0 Å². The summed E-state index contributed by atoms with van der Waals surface area (Å²) in [6.07, 6.45) is 0.522. The summed E-state index contributed by atoms with van der Waals surface area (Å²) in [4.78, 5) is 25.2. The van der Waals surface area contributed by atoms with E-state index >= 15 is 0 Å². The van der Waals surface area contributed by atoms with Crippen LogP contribution >= 0.6 is 0 Å². The smallest absolute Gasteiger partial charge is 0.261 e. The van der Waals surface area contributed by atoms with Crippen molar-refractivity contribution in [2.24, 2.45) is 0 Å². The molecule has 0 spiro atoms. The van der Waals surface area contributed by atoms with E-state index in [1.807, 2.05) is 12.1 Å². The van der Waals surface area contributed by atoms with Crippen molar-refractivity contribution in [3.8, 4) is 17.2 Å². The standard InChI is InChI=1S/C27H31N3O7S/c1-5-28-27(32)21-17-19(11-13-23(21)35-2)38(33,34)30-22-9-7-6-8-20(22)26(31)29-15-14-18-10-12-24(36-3)25(16-18)37-4/h6-13,16-17,30H,5,14-15H2,1-4H3,(H,28,32)(H,29,31). The maximum absolute atomic E-state index is 13.2. The number of hydrogen-bond donors (Lipinski definition) is 3. The number of methoxy groups -OCH3 is 3. The van der Waals surface area contributed by atoms with Crippen molar-refractivity contribution in [1.29, 1.82) is 0 Å². The molecule has 0 aliphatic rings. The van der Waals surface area contributed by atoms with Crippen LogP contribution in [0.1, 0.15) is 33.2 Å². The second-order valence-electron chi connectivity index (χ2n) is 8.07. The van der Waals surface area contributed by atoms with Crippen molar-refractivity contribution >= 4 is 27.5 Å². The molecule has 3 aromatic rings.